The molecule has 0 spiro atoms. The number of aromatic nitrogens is 2. The van der Waals surface area contributed by atoms with Crippen molar-refractivity contribution in [2.75, 3.05) is 18.0 Å². The number of carbonyl (C=O) groups is 1. The molecule has 0 saturated carbocycles. The first-order valence-electron chi connectivity index (χ1n) is 6.95. The average molecular weight is 290 g/mol. The molecule has 1 aliphatic rings. The van der Waals surface area contributed by atoms with E-state index in [0.717, 1.165) is 42.7 Å². The van der Waals surface area contributed by atoms with Gasteiger partial charge >= 0.3 is 11.8 Å². The molecule has 1 aromatic heterocycles. The van der Waals surface area contributed by atoms with Crippen molar-refractivity contribution in [2.45, 2.75) is 18.9 Å². The minimum atomic E-state index is -0.719. The second-order valence-corrected chi connectivity index (χ2v) is 5.29. The van der Waals surface area contributed by atoms with Crippen LogP contribution < -0.4 is 16.3 Å². The van der Waals surface area contributed by atoms with Gasteiger partial charge in [0.05, 0.1) is 16.7 Å². The molecule has 1 amide bonds. The van der Waals surface area contributed by atoms with Gasteiger partial charge < -0.3 is 20.4 Å². The Morgan fingerprint density at radius 1 is 1.38 bits per heavy atom. The smallest absolute Gasteiger partial charge is 0.404 e. The third-order valence-electron chi connectivity index (χ3n) is 3.96. The number of H-pyrrole nitrogens is 1. The molecule has 0 aliphatic carbocycles. The summed E-state index contributed by atoms with van der Waals surface area (Å²) in [6.07, 6.45) is 0.631. The number of nitrogens with zero attached hydrogens (tertiary/aromatic N) is 2. The van der Waals surface area contributed by atoms with Gasteiger partial charge in [-0.3, -0.25) is 4.57 Å². The summed E-state index contributed by atoms with van der Waals surface area (Å²) in [6.45, 7) is 1.52. The molecule has 0 radical (unpaired) electrons. The van der Waals surface area contributed by atoms with Gasteiger partial charge in [-0.25, -0.2) is 9.59 Å². The Morgan fingerprint density at radius 3 is 2.76 bits per heavy atom. The van der Waals surface area contributed by atoms with E-state index in [9.17, 15) is 9.59 Å². The molecule has 0 atom stereocenters. The van der Waals surface area contributed by atoms with Gasteiger partial charge in [-0.2, -0.15) is 0 Å². The molecule has 1 fully saturated rings. The summed E-state index contributed by atoms with van der Waals surface area (Å²) in [6, 6.07) is 5.83. The molecule has 7 heteroatoms. The summed E-state index contributed by atoms with van der Waals surface area (Å²) < 4.78 is 6.66. The van der Waals surface area contributed by atoms with Crippen molar-refractivity contribution >= 4 is 22.8 Å². The Morgan fingerprint density at radius 2 is 2.10 bits per heavy atom. The molecule has 1 saturated heterocycles. The number of hydrogen-bond donors (Lipinski definition) is 2. The maximum Gasteiger partial charge on any atom is 0.404 e. The number of benzene rings is 1. The van der Waals surface area contributed by atoms with E-state index in [0.29, 0.717) is 0 Å². The molecule has 112 valence electrons. The van der Waals surface area contributed by atoms with E-state index < -0.39 is 6.09 Å². The number of fused-ring (bicyclic) bond motifs is 1. The number of imidazole rings is 1. The molecule has 3 rings (SSSR count). The monoisotopic (exact) mass is 290 g/mol. The van der Waals surface area contributed by atoms with Crippen molar-refractivity contribution in [1.29, 1.82) is 0 Å². The van der Waals surface area contributed by atoms with Crippen LogP contribution >= 0.6 is 0 Å². The Hall–Kier alpha value is -2.44. The van der Waals surface area contributed by atoms with Crippen molar-refractivity contribution < 1.29 is 9.53 Å². The summed E-state index contributed by atoms with van der Waals surface area (Å²) in [4.78, 5) is 27.6. The van der Waals surface area contributed by atoms with Gasteiger partial charge in [0.1, 0.15) is 6.10 Å². The van der Waals surface area contributed by atoms with Crippen molar-refractivity contribution in [3.63, 3.8) is 0 Å². The van der Waals surface area contributed by atoms with Gasteiger partial charge in [0.15, 0.2) is 0 Å². The number of aryl methyl sites for hydroxylation is 1. The maximum atomic E-state index is 11.8. The van der Waals surface area contributed by atoms with Crippen LogP contribution in [-0.2, 0) is 11.8 Å². The standard InChI is InChI=1S/C14H18N4O3/c1-17-12-10(16-14(17)20)3-2-4-11(12)18-7-5-9(6-8-18)21-13(15)19/h2-4,9H,5-8H2,1H3,(H2,15,19)(H,16,20). The quantitative estimate of drug-likeness (QED) is 0.860. The zero-order valence-corrected chi connectivity index (χ0v) is 11.8. The fourth-order valence-corrected chi connectivity index (χ4v) is 2.92. The zero-order chi connectivity index (χ0) is 15.0. The molecule has 2 aromatic rings. The lowest BCUT2D eigenvalue weighted by Crippen LogP contribution is -2.38. The van der Waals surface area contributed by atoms with Crippen LogP contribution in [0.2, 0.25) is 0 Å². The third-order valence-corrected chi connectivity index (χ3v) is 3.96. The predicted molar refractivity (Wildman–Crippen MR) is 79.4 cm³/mol. The number of nitrogens with two attached hydrogens (primary N) is 1. The highest BCUT2D eigenvalue weighted by atomic mass is 16.6. The number of aromatic amines is 1. The first kappa shape index (κ1) is 13.5. The first-order chi connectivity index (χ1) is 10.1. The zero-order valence-electron chi connectivity index (χ0n) is 11.8. The Balaban J connectivity index is 1.86. The van der Waals surface area contributed by atoms with Gasteiger partial charge in [0, 0.05) is 33.0 Å². The van der Waals surface area contributed by atoms with E-state index in [4.69, 9.17) is 10.5 Å². The Kier molecular flexibility index (Phi) is 3.32. The molecular formula is C14H18N4O3. The van der Waals surface area contributed by atoms with Gasteiger partial charge in [0.25, 0.3) is 0 Å². The number of hydrogen-bond acceptors (Lipinski definition) is 4. The molecule has 0 bridgehead atoms. The molecule has 1 aromatic carbocycles. The van der Waals surface area contributed by atoms with E-state index >= 15 is 0 Å². The summed E-state index contributed by atoms with van der Waals surface area (Å²) in [5.41, 5.74) is 7.68. The molecule has 21 heavy (non-hydrogen) atoms. The number of piperidine rings is 1. The van der Waals surface area contributed by atoms with Crippen LogP contribution in [0, 0.1) is 0 Å². The third kappa shape index (κ3) is 2.46. The van der Waals surface area contributed by atoms with Gasteiger partial charge in [-0.1, -0.05) is 6.07 Å². The summed E-state index contributed by atoms with van der Waals surface area (Å²) in [7, 11) is 1.76. The lowest BCUT2D eigenvalue weighted by atomic mass is 10.1. The number of nitrogens with one attached hydrogen (secondary N) is 1. The lowest BCUT2D eigenvalue weighted by molar-refractivity contribution is 0.0913. The summed E-state index contributed by atoms with van der Waals surface area (Å²) in [5.74, 6) is 0. The van der Waals surface area contributed by atoms with Crippen LogP contribution in [0.1, 0.15) is 12.8 Å². The number of primary amides is 1. The van der Waals surface area contributed by atoms with Gasteiger partial charge in [-0.05, 0) is 12.1 Å². The fraction of sp³-hybridized carbons (Fsp3) is 0.429. The molecule has 7 nitrogen and oxygen atoms in total. The molecular weight excluding hydrogens is 272 g/mol. The second-order valence-electron chi connectivity index (χ2n) is 5.29. The molecule has 0 unspecified atom stereocenters. The van der Waals surface area contributed by atoms with Crippen LogP contribution in [0.15, 0.2) is 23.0 Å². The molecule has 3 N–H and O–H groups in total. The van der Waals surface area contributed by atoms with Crippen LogP contribution in [0.25, 0.3) is 11.0 Å². The largest absolute Gasteiger partial charge is 0.446 e. The molecule has 2 heterocycles. The minimum Gasteiger partial charge on any atom is -0.446 e. The summed E-state index contributed by atoms with van der Waals surface area (Å²) in [5, 5.41) is 0. The van der Waals surface area contributed by atoms with Crippen molar-refractivity contribution in [2.24, 2.45) is 12.8 Å². The fourth-order valence-electron chi connectivity index (χ4n) is 2.92. The van der Waals surface area contributed by atoms with Crippen molar-refractivity contribution in [3.8, 4) is 0 Å². The number of para-hydroxylation sites is 1. The lowest BCUT2D eigenvalue weighted by Gasteiger charge is -2.33. The van der Waals surface area contributed by atoms with Crippen LogP contribution in [-0.4, -0.2) is 34.8 Å². The van der Waals surface area contributed by atoms with E-state index in [1.54, 1.807) is 11.6 Å². The van der Waals surface area contributed by atoms with Crippen LogP contribution in [0.4, 0.5) is 10.5 Å². The summed E-state index contributed by atoms with van der Waals surface area (Å²) >= 11 is 0. The number of anilines is 1. The first-order valence-corrected chi connectivity index (χ1v) is 6.95. The average Bonchev–Trinajstić information content (AvgIpc) is 2.74. The second kappa shape index (κ2) is 5.16. The SMILES string of the molecule is Cn1c(=O)[nH]c2cccc(N3CCC(OC(N)=O)CC3)c21. The van der Waals surface area contributed by atoms with Crippen molar-refractivity contribution in [1.82, 2.24) is 9.55 Å². The highest BCUT2D eigenvalue weighted by molar-refractivity contribution is 5.89. The van der Waals surface area contributed by atoms with Crippen molar-refractivity contribution in [3.05, 3.63) is 28.7 Å². The number of rotatable bonds is 2. The Labute approximate surface area is 121 Å². The highest BCUT2D eigenvalue weighted by Crippen LogP contribution is 2.27. The van der Waals surface area contributed by atoms with Crippen LogP contribution in [0.3, 0.4) is 0 Å². The van der Waals surface area contributed by atoms with Crippen LogP contribution in [0.5, 0.6) is 0 Å². The van der Waals surface area contributed by atoms with Gasteiger partial charge in [0.2, 0.25) is 0 Å². The topological polar surface area (TPSA) is 93.3 Å². The number of carbonyl (C=O) groups excluding carboxylic acids is 1. The van der Waals surface area contributed by atoms with E-state index in [2.05, 4.69) is 9.88 Å². The molecule has 1 aliphatic heterocycles. The normalized spacial score (nSPS) is 16.3. The number of ether oxygens (including phenoxy) is 1. The van der Waals surface area contributed by atoms with E-state index in [-0.39, 0.29) is 11.8 Å². The Bertz CT molecular complexity index is 725. The highest BCUT2D eigenvalue weighted by Gasteiger charge is 2.23. The maximum absolute atomic E-state index is 11.8. The van der Waals surface area contributed by atoms with E-state index in [1.807, 2.05) is 18.2 Å². The number of amides is 1. The predicted octanol–water partition coefficient (Wildman–Crippen LogP) is 0.931. The minimum absolute atomic E-state index is 0.118. The van der Waals surface area contributed by atoms with Gasteiger partial charge in [-0.15, -0.1) is 0 Å². The van der Waals surface area contributed by atoms with E-state index in [1.165, 1.54) is 0 Å².